The number of hydrogen-bond donors (Lipinski definition) is 1. The Hall–Kier alpha value is -1.22. The van der Waals surface area contributed by atoms with Crippen LogP contribution in [0.15, 0.2) is 18.2 Å². The second-order valence-corrected chi connectivity index (χ2v) is 6.45. The van der Waals surface area contributed by atoms with Crippen LogP contribution in [0, 0.1) is 0 Å². The van der Waals surface area contributed by atoms with Gasteiger partial charge in [-0.15, -0.1) is 0 Å². The minimum Gasteiger partial charge on any atom is -0.486 e. The Kier molecular flexibility index (Phi) is 6.56. The molecule has 0 aliphatic carbocycles. The predicted octanol–water partition coefficient (Wildman–Crippen LogP) is 4.32. The second kappa shape index (κ2) is 8.42. The highest BCUT2D eigenvalue weighted by Gasteiger charge is 2.19. The highest BCUT2D eigenvalue weighted by molar-refractivity contribution is 5.59. The van der Waals surface area contributed by atoms with Crippen molar-refractivity contribution < 1.29 is 4.74 Å². The molecule has 0 saturated carbocycles. The van der Waals surface area contributed by atoms with Gasteiger partial charge in [-0.25, -0.2) is 0 Å². The SMILES string of the molecule is CCCN(CCC)C(C)Cc1ccc2c(c1)NCC(CC)O2. The molecular weight excluding hydrogens is 272 g/mol. The number of nitrogens with one attached hydrogen (secondary N) is 1. The number of rotatable bonds is 8. The second-order valence-electron chi connectivity index (χ2n) is 6.45. The van der Waals surface area contributed by atoms with Crippen LogP contribution in [0.2, 0.25) is 0 Å². The fraction of sp³-hybridized carbons (Fsp3) is 0.684. The molecule has 1 aromatic carbocycles. The van der Waals surface area contributed by atoms with Crippen molar-refractivity contribution in [1.29, 1.82) is 0 Å². The Balaban J connectivity index is 2.01. The topological polar surface area (TPSA) is 24.5 Å². The predicted molar refractivity (Wildman–Crippen MR) is 95.0 cm³/mol. The number of nitrogens with zero attached hydrogens (tertiary/aromatic N) is 1. The van der Waals surface area contributed by atoms with E-state index in [0.29, 0.717) is 12.1 Å². The summed E-state index contributed by atoms with van der Waals surface area (Å²) in [5, 5.41) is 3.52. The van der Waals surface area contributed by atoms with Gasteiger partial charge in [0.2, 0.25) is 0 Å². The van der Waals surface area contributed by atoms with Crippen molar-refractivity contribution in [2.45, 2.75) is 65.5 Å². The van der Waals surface area contributed by atoms with Crippen LogP contribution in [0.5, 0.6) is 5.75 Å². The molecule has 0 radical (unpaired) electrons. The third kappa shape index (κ3) is 4.39. The molecule has 2 rings (SSSR count). The molecule has 0 bridgehead atoms. The van der Waals surface area contributed by atoms with Crippen molar-refractivity contribution in [3.8, 4) is 5.75 Å². The molecule has 0 aromatic heterocycles. The molecule has 1 heterocycles. The van der Waals surface area contributed by atoms with Crippen LogP contribution in [-0.4, -0.2) is 36.7 Å². The summed E-state index contributed by atoms with van der Waals surface area (Å²) in [4.78, 5) is 2.61. The van der Waals surface area contributed by atoms with E-state index in [2.05, 4.69) is 56.1 Å². The average Bonchev–Trinajstić information content (AvgIpc) is 2.54. The van der Waals surface area contributed by atoms with E-state index >= 15 is 0 Å². The first-order valence-electron chi connectivity index (χ1n) is 8.95. The lowest BCUT2D eigenvalue weighted by molar-refractivity contribution is 0.201. The Labute approximate surface area is 136 Å². The first-order chi connectivity index (χ1) is 10.7. The molecule has 1 aliphatic rings. The van der Waals surface area contributed by atoms with E-state index in [1.54, 1.807) is 0 Å². The Morgan fingerprint density at radius 2 is 1.95 bits per heavy atom. The number of benzene rings is 1. The lowest BCUT2D eigenvalue weighted by Crippen LogP contribution is -2.36. The van der Waals surface area contributed by atoms with Gasteiger partial charge >= 0.3 is 0 Å². The molecule has 2 unspecified atom stereocenters. The van der Waals surface area contributed by atoms with E-state index < -0.39 is 0 Å². The van der Waals surface area contributed by atoms with Crippen molar-refractivity contribution in [3.63, 3.8) is 0 Å². The van der Waals surface area contributed by atoms with Crippen LogP contribution in [0.4, 0.5) is 5.69 Å². The maximum absolute atomic E-state index is 5.99. The van der Waals surface area contributed by atoms with Gasteiger partial charge in [-0.05, 0) is 63.4 Å². The molecule has 1 aliphatic heterocycles. The van der Waals surface area contributed by atoms with Gasteiger partial charge in [-0.3, -0.25) is 0 Å². The van der Waals surface area contributed by atoms with E-state index in [0.717, 1.165) is 30.8 Å². The van der Waals surface area contributed by atoms with Crippen LogP contribution in [-0.2, 0) is 6.42 Å². The lowest BCUT2D eigenvalue weighted by atomic mass is 10.0. The van der Waals surface area contributed by atoms with Crippen LogP contribution in [0.1, 0.15) is 52.5 Å². The van der Waals surface area contributed by atoms with Gasteiger partial charge in [-0.1, -0.05) is 26.8 Å². The maximum Gasteiger partial charge on any atom is 0.142 e. The summed E-state index contributed by atoms with van der Waals surface area (Å²) in [6.45, 7) is 12.4. The van der Waals surface area contributed by atoms with E-state index in [4.69, 9.17) is 4.74 Å². The summed E-state index contributed by atoms with van der Waals surface area (Å²) in [6, 6.07) is 7.22. The summed E-state index contributed by atoms with van der Waals surface area (Å²) in [7, 11) is 0. The summed E-state index contributed by atoms with van der Waals surface area (Å²) in [6.07, 6.45) is 4.91. The first-order valence-corrected chi connectivity index (χ1v) is 8.95. The van der Waals surface area contributed by atoms with Gasteiger partial charge < -0.3 is 15.0 Å². The zero-order valence-corrected chi connectivity index (χ0v) is 14.7. The quantitative estimate of drug-likeness (QED) is 0.774. The summed E-state index contributed by atoms with van der Waals surface area (Å²) >= 11 is 0. The number of ether oxygens (including phenoxy) is 1. The minimum atomic E-state index is 0.307. The van der Waals surface area contributed by atoms with Gasteiger partial charge in [0.15, 0.2) is 0 Å². The van der Waals surface area contributed by atoms with Crippen LogP contribution in [0.25, 0.3) is 0 Å². The number of anilines is 1. The average molecular weight is 304 g/mol. The first kappa shape index (κ1) is 17.1. The summed E-state index contributed by atoms with van der Waals surface area (Å²) < 4.78 is 5.99. The van der Waals surface area contributed by atoms with Crippen molar-refractivity contribution in [1.82, 2.24) is 4.90 Å². The lowest BCUT2D eigenvalue weighted by Gasteiger charge is -2.30. The molecule has 3 nitrogen and oxygen atoms in total. The smallest absolute Gasteiger partial charge is 0.142 e. The molecule has 2 atom stereocenters. The van der Waals surface area contributed by atoms with Gasteiger partial charge in [-0.2, -0.15) is 0 Å². The third-order valence-electron chi connectivity index (χ3n) is 4.49. The fourth-order valence-corrected chi connectivity index (χ4v) is 3.21. The van der Waals surface area contributed by atoms with Crippen LogP contribution >= 0.6 is 0 Å². The summed E-state index contributed by atoms with van der Waals surface area (Å²) in [5.41, 5.74) is 2.56. The molecule has 0 amide bonds. The molecular formula is C19H32N2O. The minimum absolute atomic E-state index is 0.307. The molecule has 1 aromatic rings. The van der Waals surface area contributed by atoms with Crippen molar-refractivity contribution in [2.75, 3.05) is 25.0 Å². The molecule has 124 valence electrons. The Morgan fingerprint density at radius 1 is 1.23 bits per heavy atom. The van der Waals surface area contributed by atoms with Crippen LogP contribution in [0.3, 0.4) is 0 Å². The van der Waals surface area contributed by atoms with E-state index in [1.807, 2.05) is 0 Å². The fourth-order valence-electron chi connectivity index (χ4n) is 3.21. The highest BCUT2D eigenvalue weighted by Crippen LogP contribution is 2.31. The Morgan fingerprint density at radius 3 is 2.59 bits per heavy atom. The molecule has 0 spiro atoms. The van der Waals surface area contributed by atoms with Gasteiger partial charge in [0.05, 0.1) is 12.2 Å². The molecule has 0 fully saturated rings. The van der Waals surface area contributed by atoms with Gasteiger partial charge in [0.1, 0.15) is 11.9 Å². The molecule has 22 heavy (non-hydrogen) atoms. The van der Waals surface area contributed by atoms with E-state index in [1.165, 1.54) is 31.5 Å². The third-order valence-corrected chi connectivity index (χ3v) is 4.49. The number of fused-ring (bicyclic) bond motifs is 1. The normalized spacial score (nSPS) is 18.5. The molecule has 0 saturated heterocycles. The standard InChI is InChI=1S/C19H32N2O/c1-5-10-21(11-6-2)15(4)12-16-8-9-19-18(13-16)20-14-17(7-3)22-19/h8-9,13,15,17,20H,5-7,10-12,14H2,1-4H3. The monoisotopic (exact) mass is 304 g/mol. The zero-order valence-electron chi connectivity index (χ0n) is 14.7. The van der Waals surface area contributed by atoms with E-state index in [9.17, 15) is 0 Å². The van der Waals surface area contributed by atoms with Crippen molar-refractivity contribution in [2.24, 2.45) is 0 Å². The van der Waals surface area contributed by atoms with Gasteiger partial charge in [0, 0.05) is 6.04 Å². The number of hydrogen-bond acceptors (Lipinski definition) is 3. The van der Waals surface area contributed by atoms with E-state index in [-0.39, 0.29) is 0 Å². The maximum atomic E-state index is 5.99. The summed E-state index contributed by atoms with van der Waals surface area (Å²) in [5.74, 6) is 1.01. The highest BCUT2D eigenvalue weighted by atomic mass is 16.5. The molecule has 1 N–H and O–H groups in total. The molecule has 3 heteroatoms. The van der Waals surface area contributed by atoms with Gasteiger partial charge in [0.25, 0.3) is 0 Å². The Bertz CT molecular complexity index is 455. The van der Waals surface area contributed by atoms with Crippen molar-refractivity contribution >= 4 is 5.69 Å². The van der Waals surface area contributed by atoms with Crippen molar-refractivity contribution in [3.05, 3.63) is 23.8 Å². The largest absolute Gasteiger partial charge is 0.486 e. The van der Waals surface area contributed by atoms with Crippen LogP contribution < -0.4 is 10.1 Å². The zero-order chi connectivity index (χ0) is 15.9.